The van der Waals surface area contributed by atoms with Crippen LogP contribution in [0.3, 0.4) is 0 Å². The smallest absolute Gasteiger partial charge is 0.259 e. The summed E-state index contributed by atoms with van der Waals surface area (Å²) in [5, 5.41) is 7.04. The van der Waals surface area contributed by atoms with Gasteiger partial charge in [-0.2, -0.15) is 5.10 Å². The number of pyridine rings is 1. The molecule has 0 fully saturated rings. The first-order valence-electron chi connectivity index (χ1n) is 8.58. The van der Waals surface area contributed by atoms with Crippen molar-refractivity contribution in [3.8, 4) is 5.82 Å². The average molecular weight is 384 g/mol. The fourth-order valence-corrected chi connectivity index (χ4v) is 3.64. The molecule has 0 saturated carbocycles. The Morgan fingerprint density at radius 3 is 2.63 bits per heavy atom. The number of rotatable bonds is 6. The molecular formula is C19H20N4O3S. The maximum absolute atomic E-state index is 12.7. The summed E-state index contributed by atoms with van der Waals surface area (Å²) in [6.07, 6.45) is 3.74. The maximum Gasteiger partial charge on any atom is 0.259 e. The SMILES string of the molecule is CCc1c(C(=O)Nc2cccc(S(=O)(=O)CC)c2)cnn1-c1ccccn1. The molecule has 27 heavy (non-hydrogen) atoms. The molecule has 2 heterocycles. The van der Waals surface area contributed by atoms with Crippen molar-refractivity contribution in [2.75, 3.05) is 11.1 Å². The van der Waals surface area contributed by atoms with Crippen LogP contribution in [0.25, 0.3) is 5.82 Å². The molecule has 0 aliphatic heterocycles. The van der Waals surface area contributed by atoms with Crippen molar-refractivity contribution >= 4 is 21.4 Å². The minimum atomic E-state index is -3.34. The Bertz CT molecular complexity index is 1060. The molecule has 3 rings (SSSR count). The quantitative estimate of drug-likeness (QED) is 0.705. The molecule has 0 atom stereocenters. The van der Waals surface area contributed by atoms with Crippen LogP contribution in [0, 0.1) is 0 Å². The molecule has 2 aromatic heterocycles. The monoisotopic (exact) mass is 384 g/mol. The Labute approximate surface area is 158 Å². The van der Waals surface area contributed by atoms with E-state index in [-0.39, 0.29) is 16.6 Å². The number of hydrogen-bond donors (Lipinski definition) is 1. The van der Waals surface area contributed by atoms with Crippen molar-refractivity contribution in [3.63, 3.8) is 0 Å². The van der Waals surface area contributed by atoms with Crippen molar-refractivity contribution in [1.82, 2.24) is 14.8 Å². The van der Waals surface area contributed by atoms with Crippen LogP contribution in [0.4, 0.5) is 5.69 Å². The summed E-state index contributed by atoms with van der Waals surface area (Å²) in [5.41, 5.74) is 1.57. The third-order valence-corrected chi connectivity index (χ3v) is 5.88. The van der Waals surface area contributed by atoms with Gasteiger partial charge in [0, 0.05) is 11.9 Å². The fraction of sp³-hybridized carbons (Fsp3) is 0.211. The summed E-state index contributed by atoms with van der Waals surface area (Å²) < 4.78 is 25.7. The van der Waals surface area contributed by atoms with E-state index in [0.29, 0.717) is 23.5 Å². The summed E-state index contributed by atoms with van der Waals surface area (Å²) in [7, 11) is -3.34. The standard InChI is InChI=1S/C19H20N4O3S/c1-3-17-16(13-21-23(17)18-10-5-6-11-20-18)19(24)22-14-8-7-9-15(12-14)27(25,26)4-2/h5-13H,3-4H2,1-2H3,(H,22,24). The summed E-state index contributed by atoms with van der Waals surface area (Å²) in [6, 6.07) is 11.7. The highest BCUT2D eigenvalue weighted by molar-refractivity contribution is 7.91. The molecule has 0 unspecified atom stereocenters. The molecule has 1 N–H and O–H groups in total. The fourth-order valence-electron chi connectivity index (χ4n) is 2.71. The van der Waals surface area contributed by atoms with E-state index in [9.17, 15) is 13.2 Å². The molecule has 8 heteroatoms. The minimum Gasteiger partial charge on any atom is -0.322 e. The number of carbonyl (C=O) groups is 1. The van der Waals surface area contributed by atoms with Crippen LogP contribution >= 0.6 is 0 Å². The van der Waals surface area contributed by atoms with Gasteiger partial charge in [0.05, 0.1) is 28.1 Å². The van der Waals surface area contributed by atoms with Gasteiger partial charge >= 0.3 is 0 Å². The summed E-state index contributed by atoms with van der Waals surface area (Å²) >= 11 is 0. The lowest BCUT2D eigenvalue weighted by Crippen LogP contribution is -2.15. The zero-order valence-electron chi connectivity index (χ0n) is 15.1. The number of nitrogens with one attached hydrogen (secondary N) is 1. The average Bonchev–Trinajstić information content (AvgIpc) is 3.13. The van der Waals surface area contributed by atoms with Crippen molar-refractivity contribution in [1.29, 1.82) is 0 Å². The highest BCUT2D eigenvalue weighted by Crippen LogP contribution is 2.19. The molecule has 0 aliphatic rings. The van der Waals surface area contributed by atoms with Gasteiger partial charge in [0.2, 0.25) is 0 Å². The van der Waals surface area contributed by atoms with Crippen molar-refractivity contribution in [2.24, 2.45) is 0 Å². The van der Waals surface area contributed by atoms with Crippen molar-refractivity contribution in [2.45, 2.75) is 25.2 Å². The number of benzene rings is 1. The highest BCUT2D eigenvalue weighted by atomic mass is 32.2. The van der Waals surface area contributed by atoms with Crippen molar-refractivity contribution in [3.05, 3.63) is 66.1 Å². The topological polar surface area (TPSA) is 94.0 Å². The van der Waals surface area contributed by atoms with Gasteiger partial charge in [-0.15, -0.1) is 0 Å². The second-order valence-electron chi connectivity index (χ2n) is 5.84. The summed E-state index contributed by atoms with van der Waals surface area (Å²) in [6.45, 7) is 3.52. The van der Waals surface area contributed by atoms with Gasteiger partial charge in [-0.3, -0.25) is 4.79 Å². The predicted molar refractivity (Wildman–Crippen MR) is 103 cm³/mol. The number of carbonyl (C=O) groups excluding carboxylic acids is 1. The Hall–Kier alpha value is -3.00. The van der Waals surface area contributed by atoms with E-state index in [4.69, 9.17) is 0 Å². The molecule has 0 aliphatic carbocycles. The van der Waals surface area contributed by atoms with Crippen LogP contribution in [-0.4, -0.2) is 34.8 Å². The maximum atomic E-state index is 12.7. The van der Waals surface area contributed by atoms with E-state index in [1.54, 1.807) is 29.9 Å². The molecule has 0 spiro atoms. The first kappa shape index (κ1) is 18.8. The van der Waals surface area contributed by atoms with Gasteiger partial charge < -0.3 is 5.32 Å². The van der Waals surface area contributed by atoms with E-state index in [1.165, 1.54) is 18.3 Å². The third kappa shape index (κ3) is 3.90. The largest absolute Gasteiger partial charge is 0.322 e. The number of aromatic nitrogens is 3. The van der Waals surface area contributed by atoms with Crippen LogP contribution in [0.1, 0.15) is 29.9 Å². The number of nitrogens with zero attached hydrogens (tertiary/aromatic N) is 3. The van der Waals surface area contributed by atoms with E-state index in [0.717, 1.165) is 5.69 Å². The van der Waals surface area contributed by atoms with Gasteiger partial charge in [-0.05, 0) is 36.8 Å². The van der Waals surface area contributed by atoms with Crippen LogP contribution in [-0.2, 0) is 16.3 Å². The van der Waals surface area contributed by atoms with Crippen LogP contribution < -0.4 is 5.32 Å². The Morgan fingerprint density at radius 2 is 1.96 bits per heavy atom. The molecule has 7 nitrogen and oxygen atoms in total. The highest BCUT2D eigenvalue weighted by Gasteiger charge is 2.19. The Balaban J connectivity index is 1.90. The zero-order valence-corrected chi connectivity index (χ0v) is 15.9. The summed E-state index contributed by atoms with van der Waals surface area (Å²) in [5.74, 6) is 0.283. The third-order valence-electron chi connectivity index (χ3n) is 4.15. The molecule has 0 saturated heterocycles. The predicted octanol–water partition coefficient (Wildman–Crippen LogP) is 2.88. The Morgan fingerprint density at radius 1 is 1.15 bits per heavy atom. The van der Waals surface area contributed by atoms with E-state index >= 15 is 0 Å². The number of amides is 1. The lowest BCUT2D eigenvalue weighted by Gasteiger charge is -2.09. The first-order valence-corrected chi connectivity index (χ1v) is 10.2. The summed E-state index contributed by atoms with van der Waals surface area (Å²) in [4.78, 5) is 17.2. The number of sulfone groups is 1. The van der Waals surface area contributed by atoms with Crippen LogP contribution in [0.15, 0.2) is 59.8 Å². The Kier molecular flexibility index (Phi) is 5.36. The number of anilines is 1. The van der Waals surface area contributed by atoms with E-state index in [2.05, 4.69) is 15.4 Å². The first-order chi connectivity index (χ1) is 13.0. The second-order valence-corrected chi connectivity index (χ2v) is 8.12. The van der Waals surface area contributed by atoms with Gasteiger partial charge in [0.25, 0.3) is 5.91 Å². The van der Waals surface area contributed by atoms with Gasteiger partial charge in [0.15, 0.2) is 15.7 Å². The molecule has 0 radical (unpaired) electrons. The molecule has 140 valence electrons. The van der Waals surface area contributed by atoms with Crippen LogP contribution in [0.2, 0.25) is 0 Å². The van der Waals surface area contributed by atoms with E-state index in [1.807, 2.05) is 25.1 Å². The van der Waals surface area contributed by atoms with Gasteiger partial charge in [-0.25, -0.2) is 18.1 Å². The minimum absolute atomic E-state index is 0.00122. The molecule has 3 aromatic rings. The molecule has 1 aromatic carbocycles. The normalized spacial score (nSPS) is 11.3. The second kappa shape index (κ2) is 7.71. The molecule has 0 bridgehead atoms. The zero-order chi connectivity index (χ0) is 19.4. The van der Waals surface area contributed by atoms with Gasteiger partial charge in [-0.1, -0.05) is 26.0 Å². The molecular weight excluding hydrogens is 364 g/mol. The van der Waals surface area contributed by atoms with Gasteiger partial charge in [0.1, 0.15) is 0 Å². The van der Waals surface area contributed by atoms with E-state index < -0.39 is 9.84 Å². The lowest BCUT2D eigenvalue weighted by molar-refractivity contribution is 0.102. The lowest BCUT2D eigenvalue weighted by atomic mass is 10.2. The van der Waals surface area contributed by atoms with Crippen molar-refractivity contribution < 1.29 is 13.2 Å². The molecule has 1 amide bonds. The number of hydrogen-bond acceptors (Lipinski definition) is 5. The van der Waals surface area contributed by atoms with Crippen LogP contribution in [0.5, 0.6) is 0 Å².